The Balaban J connectivity index is 2.48. The Morgan fingerprint density at radius 2 is 2.00 bits per heavy atom. The van der Waals surface area contributed by atoms with Crippen molar-refractivity contribution in [1.29, 1.82) is 0 Å². The van der Waals surface area contributed by atoms with Crippen molar-refractivity contribution in [3.05, 3.63) is 35.9 Å². The van der Waals surface area contributed by atoms with Gasteiger partial charge in [0.1, 0.15) is 6.04 Å². The zero-order valence-corrected chi connectivity index (χ0v) is 11.2. The van der Waals surface area contributed by atoms with Gasteiger partial charge in [-0.15, -0.1) is 0 Å². The van der Waals surface area contributed by atoms with Crippen LogP contribution in [-0.2, 0) is 9.53 Å². The molecule has 0 aliphatic rings. The summed E-state index contributed by atoms with van der Waals surface area (Å²) in [7, 11) is 0. The lowest BCUT2D eigenvalue weighted by atomic mass is 10.1. The van der Waals surface area contributed by atoms with E-state index in [-0.39, 0.29) is 18.3 Å². The molecular weight excluding hydrogens is 250 g/mol. The molecular formula is C13H17NO3S. The summed E-state index contributed by atoms with van der Waals surface area (Å²) in [4.78, 5) is 23.3. The van der Waals surface area contributed by atoms with Crippen LogP contribution in [0.3, 0.4) is 0 Å². The summed E-state index contributed by atoms with van der Waals surface area (Å²) in [5.74, 6) is -0.152. The maximum Gasteiger partial charge on any atom is 0.323 e. The van der Waals surface area contributed by atoms with Gasteiger partial charge >= 0.3 is 5.97 Å². The molecule has 0 saturated heterocycles. The lowest BCUT2D eigenvalue weighted by Gasteiger charge is -2.14. The highest BCUT2D eigenvalue weighted by Crippen LogP contribution is 2.00. The summed E-state index contributed by atoms with van der Waals surface area (Å²) < 4.78 is 4.87. The van der Waals surface area contributed by atoms with Crippen LogP contribution in [0, 0.1) is 0 Å². The highest BCUT2D eigenvalue weighted by Gasteiger charge is 2.18. The number of esters is 1. The fourth-order valence-corrected chi connectivity index (χ4v) is 1.69. The number of hydrogen-bond acceptors (Lipinski definition) is 5. The fourth-order valence-electron chi connectivity index (χ4n) is 1.41. The van der Waals surface area contributed by atoms with Crippen LogP contribution < -0.4 is 5.32 Å². The monoisotopic (exact) mass is 267 g/mol. The number of ketones is 1. The number of carbonyl (C=O) groups excluding carboxylic acids is 2. The Morgan fingerprint density at radius 3 is 2.56 bits per heavy atom. The molecule has 0 amide bonds. The maximum atomic E-state index is 11.8. The van der Waals surface area contributed by atoms with Crippen molar-refractivity contribution >= 4 is 24.4 Å². The highest BCUT2D eigenvalue weighted by atomic mass is 32.1. The van der Waals surface area contributed by atoms with Crippen molar-refractivity contribution in [1.82, 2.24) is 5.32 Å². The number of thiol groups is 1. The minimum absolute atomic E-state index is 0.0633. The van der Waals surface area contributed by atoms with Crippen LogP contribution in [0.25, 0.3) is 0 Å². The number of hydrogen-bond donors (Lipinski definition) is 2. The average molecular weight is 267 g/mol. The van der Waals surface area contributed by atoms with Gasteiger partial charge in [0.15, 0.2) is 5.78 Å². The van der Waals surface area contributed by atoms with E-state index in [0.29, 0.717) is 17.9 Å². The van der Waals surface area contributed by atoms with Crippen LogP contribution in [0.4, 0.5) is 0 Å². The van der Waals surface area contributed by atoms with Gasteiger partial charge in [-0.25, -0.2) is 0 Å². The molecule has 0 heterocycles. The second-order valence-corrected chi connectivity index (χ2v) is 4.02. The molecule has 0 aromatic heterocycles. The first kappa shape index (κ1) is 14.7. The van der Waals surface area contributed by atoms with Crippen LogP contribution >= 0.6 is 12.6 Å². The molecule has 1 aromatic carbocycles. The molecule has 1 aromatic rings. The molecule has 0 saturated carbocycles. The molecule has 0 bridgehead atoms. The third kappa shape index (κ3) is 4.50. The summed E-state index contributed by atoms with van der Waals surface area (Å²) in [5, 5.41) is 2.85. The zero-order valence-electron chi connectivity index (χ0n) is 10.3. The molecule has 1 rings (SSSR count). The van der Waals surface area contributed by atoms with Crippen LogP contribution in [0.5, 0.6) is 0 Å². The highest BCUT2D eigenvalue weighted by molar-refractivity contribution is 7.80. The van der Waals surface area contributed by atoms with Crippen molar-refractivity contribution in [3.63, 3.8) is 0 Å². The van der Waals surface area contributed by atoms with Crippen LogP contribution in [0.1, 0.15) is 17.3 Å². The van der Waals surface area contributed by atoms with Gasteiger partial charge in [-0.05, 0) is 6.92 Å². The third-order valence-electron chi connectivity index (χ3n) is 2.36. The van der Waals surface area contributed by atoms with E-state index >= 15 is 0 Å². The molecule has 98 valence electrons. The molecule has 18 heavy (non-hydrogen) atoms. The fraction of sp³-hybridized carbons (Fsp3) is 0.385. The largest absolute Gasteiger partial charge is 0.465 e. The molecule has 1 atom stereocenters. The first-order valence-electron chi connectivity index (χ1n) is 5.78. The van der Waals surface area contributed by atoms with Crippen LogP contribution in [-0.4, -0.2) is 36.7 Å². The quantitative estimate of drug-likeness (QED) is 0.444. The number of rotatable bonds is 7. The number of Topliss-reactive ketones (excluding diaryl/α,β-unsaturated/α-hetero) is 1. The maximum absolute atomic E-state index is 11.8. The standard InChI is InChI=1S/C13H17NO3S/c1-2-17-13(16)11(9-18)14-8-12(15)10-6-4-3-5-7-10/h3-7,11,14,18H,2,8-9H2,1H3/t11-/m1/s1. The van der Waals surface area contributed by atoms with Gasteiger partial charge in [0.05, 0.1) is 13.2 Å². The number of benzene rings is 1. The molecule has 0 aliphatic heterocycles. The minimum Gasteiger partial charge on any atom is -0.465 e. The van der Waals surface area contributed by atoms with E-state index in [1.54, 1.807) is 31.2 Å². The van der Waals surface area contributed by atoms with Gasteiger partial charge in [-0.1, -0.05) is 30.3 Å². The number of nitrogens with one attached hydrogen (secondary N) is 1. The Kier molecular flexibility index (Phi) is 6.46. The summed E-state index contributed by atoms with van der Waals surface area (Å²) in [6.45, 7) is 2.15. The van der Waals surface area contributed by atoms with Crippen molar-refractivity contribution in [2.24, 2.45) is 0 Å². The Morgan fingerprint density at radius 1 is 1.33 bits per heavy atom. The van der Waals surface area contributed by atoms with E-state index in [4.69, 9.17) is 4.74 Å². The van der Waals surface area contributed by atoms with Gasteiger partial charge in [0.25, 0.3) is 0 Å². The molecule has 0 radical (unpaired) electrons. The van der Waals surface area contributed by atoms with E-state index in [0.717, 1.165) is 0 Å². The second kappa shape index (κ2) is 7.89. The zero-order chi connectivity index (χ0) is 13.4. The summed E-state index contributed by atoms with van der Waals surface area (Å²) in [6.07, 6.45) is 0. The first-order valence-corrected chi connectivity index (χ1v) is 6.41. The lowest BCUT2D eigenvalue weighted by Crippen LogP contribution is -2.42. The van der Waals surface area contributed by atoms with Crippen molar-refractivity contribution in [2.75, 3.05) is 18.9 Å². The van der Waals surface area contributed by atoms with Crippen LogP contribution in [0.2, 0.25) is 0 Å². The SMILES string of the molecule is CCOC(=O)[C@@H](CS)NCC(=O)c1ccccc1. The molecule has 0 aliphatic carbocycles. The van der Waals surface area contributed by atoms with Gasteiger partial charge in [-0.3, -0.25) is 14.9 Å². The van der Waals surface area contributed by atoms with Crippen molar-refractivity contribution < 1.29 is 14.3 Å². The Bertz CT molecular complexity index is 394. The molecule has 4 nitrogen and oxygen atoms in total. The van der Waals surface area contributed by atoms with Gasteiger partial charge < -0.3 is 4.74 Å². The molecule has 0 unspecified atom stereocenters. The molecule has 0 spiro atoms. The Labute approximate surface area is 112 Å². The smallest absolute Gasteiger partial charge is 0.323 e. The average Bonchev–Trinajstić information content (AvgIpc) is 2.40. The summed E-state index contributed by atoms with van der Waals surface area (Å²) in [6, 6.07) is 8.37. The van der Waals surface area contributed by atoms with Crippen molar-refractivity contribution in [2.45, 2.75) is 13.0 Å². The van der Waals surface area contributed by atoms with Crippen LogP contribution in [0.15, 0.2) is 30.3 Å². The molecule has 5 heteroatoms. The van der Waals surface area contributed by atoms with E-state index < -0.39 is 6.04 Å². The third-order valence-corrected chi connectivity index (χ3v) is 2.72. The predicted octanol–water partition coefficient (Wildman–Crippen LogP) is 1.32. The second-order valence-electron chi connectivity index (χ2n) is 3.66. The number of ether oxygens (including phenoxy) is 1. The minimum atomic E-state index is -0.555. The normalized spacial score (nSPS) is 11.9. The van der Waals surface area contributed by atoms with E-state index in [9.17, 15) is 9.59 Å². The number of carbonyl (C=O) groups is 2. The van der Waals surface area contributed by atoms with Crippen molar-refractivity contribution in [3.8, 4) is 0 Å². The summed E-state index contributed by atoms with van der Waals surface area (Å²) in [5.41, 5.74) is 0.617. The molecule has 1 N–H and O–H groups in total. The van der Waals surface area contributed by atoms with Gasteiger partial charge in [-0.2, -0.15) is 12.6 Å². The van der Waals surface area contributed by atoms with E-state index in [1.807, 2.05) is 6.07 Å². The molecule has 0 fully saturated rings. The lowest BCUT2D eigenvalue weighted by molar-refractivity contribution is -0.144. The van der Waals surface area contributed by atoms with E-state index in [1.165, 1.54) is 0 Å². The van der Waals surface area contributed by atoms with E-state index in [2.05, 4.69) is 17.9 Å². The topological polar surface area (TPSA) is 55.4 Å². The van der Waals surface area contributed by atoms with Gasteiger partial charge in [0.2, 0.25) is 0 Å². The van der Waals surface area contributed by atoms with Gasteiger partial charge in [0, 0.05) is 11.3 Å². The first-order chi connectivity index (χ1) is 8.69. The Hall–Kier alpha value is -1.33. The summed E-state index contributed by atoms with van der Waals surface area (Å²) >= 11 is 4.06. The predicted molar refractivity (Wildman–Crippen MR) is 73.0 cm³/mol.